The average Bonchev–Trinajstić information content (AvgIpc) is 2.33. The molecule has 0 unspecified atom stereocenters. The Morgan fingerprint density at radius 3 is 2.59 bits per heavy atom. The molecular weight excluding hydrogens is 216 g/mol. The zero-order valence-electron chi connectivity index (χ0n) is 9.13. The summed E-state index contributed by atoms with van der Waals surface area (Å²) in [5.41, 5.74) is 0.948. The van der Waals surface area contributed by atoms with Crippen LogP contribution in [0.15, 0.2) is 48.7 Å². The predicted octanol–water partition coefficient (Wildman–Crippen LogP) is 1.97. The second-order valence-corrected chi connectivity index (χ2v) is 3.61. The maximum atomic E-state index is 11.7. The minimum atomic E-state index is -0.130. The summed E-state index contributed by atoms with van der Waals surface area (Å²) in [5, 5.41) is 11.7. The molecule has 0 saturated heterocycles. The van der Waals surface area contributed by atoms with Crippen molar-refractivity contribution in [1.82, 2.24) is 4.98 Å². The number of anilines is 1. The summed E-state index contributed by atoms with van der Waals surface area (Å²) in [5.74, 6) is 0.379. The molecule has 17 heavy (non-hydrogen) atoms. The van der Waals surface area contributed by atoms with E-state index < -0.39 is 0 Å². The molecule has 1 aromatic heterocycles. The lowest BCUT2D eigenvalue weighted by molar-refractivity contribution is -0.115. The van der Waals surface area contributed by atoms with Crippen molar-refractivity contribution in [2.75, 3.05) is 5.32 Å². The van der Waals surface area contributed by atoms with Gasteiger partial charge in [0.05, 0.1) is 12.6 Å². The lowest BCUT2D eigenvalue weighted by Crippen LogP contribution is -2.15. The van der Waals surface area contributed by atoms with Gasteiger partial charge in [-0.2, -0.15) is 0 Å². The van der Waals surface area contributed by atoms with Gasteiger partial charge in [0, 0.05) is 0 Å². The van der Waals surface area contributed by atoms with Crippen LogP contribution in [-0.4, -0.2) is 16.0 Å². The highest BCUT2D eigenvalue weighted by atomic mass is 16.3. The van der Waals surface area contributed by atoms with E-state index >= 15 is 0 Å². The van der Waals surface area contributed by atoms with Crippen molar-refractivity contribution in [2.45, 2.75) is 6.42 Å². The van der Waals surface area contributed by atoms with E-state index in [1.165, 1.54) is 12.3 Å². The molecule has 0 aliphatic rings. The molecule has 1 aromatic carbocycles. The van der Waals surface area contributed by atoms with Gasteiger partial charge in [0.15, 0.2) is 0 Å². The third-order valence-electron chi connectivity index (χ3n) is 2.22. The maximum Gasteiger partial charge on any atom is 0.229 e. The highest BCUT2D eigenvalue weighted by Crippen LogP contribution is 2.10. The van der Waals surface area contributed by atoms with E-state index in [-0.39, 0.29) is 11.7 Å². The van der Waals surface area contributed by atoms with Crippen molar-refractivity contribution in [3.63, 3.8) is 0 Å². The van der Waals surface area contributed by atoms with Gasteiger partial charge in [-0.25, -0.2) is 4.98 Å². The number of pyridine rings is 1. The quantitative estimate of drug-likeness (QED) is 0.844. The highest BCUT2D eigenvalue weighted by Gasteiger charge is 2.04. The molecule has 0 spiro atoms. The van der Waals surface area contributed by atoms with Crippen molar-refractivity contribution in [1.29, 1.82) is 0 Å². The van der Waals surface area contributed by atoms with Crippen molar-refractivity contribution >= 4 is 11.7 Å². The molecule has 0 bridgehead atoms. The fraction of sp³-hybridized carbons (Fsp3) is 0.0769. The molecule has 1 heterocycles. The second kappa shape index (κ2) is 5.12. The van der Waals surface area contributed by atoms with E-state index in [9.17, 15) is 4.79 Å². The van der Waals surface area contributed by atoms with Gasteiger partial charge in [-0.3, -0.25) is 4.79 Å². The Morgan fingerprint density at radius 2 is 1.94 bits per heavy atom. The Labute approximate surface area is 98.9 Å². The third-order valence-corrected chi connectivity index (χ3v) is 2.22. The molecule has 0 radical (unpaired) electrons. The van der Waals surface area contributed by atoms with Gasteiger partial charge in [0.2, 0.25) is 5.91 Å². The minimum absolute atomic E-state index is 0.0751. The second-order valence-electron chi connectivity index (χ2n) is 3.61. The molecule has 0 atom stereocenters. The molecule has 4 nitrogen and oxygen atoms in total. The molecule has 86 valence electrons. The van der Waals surface area contributed by atoms with Gasteiger partial charge < -0.3 is 10.4 Å². The van der Waals surface area contributed by atoms with Gasteiger partial charge in [0.25, 0.3) is 0 Å². The molecule has 0 saturated carbocycles. The zero-order chi connectivity index (χ0) is 12.1. The smallest absolute Gasteiger partial charge is 0.229 e. The number of amides is 1. The van der Waals surface area contributed by atoms with Gasteiger partial charge in [-0.1, -0.05) is 30.3 Å². The van der Waals surface area contributed by atoms with Crippen LogP contribution in [-0.2, 0) is 11.2 Å². The van der Waals surface area contributed by atoms with Crippen LogP contribution in [0, 0.1) is 0 Å². The van der Waals surface area contributed by atoms with Crippen LogP contribution in [0.25, 0.3) is 0 Å². The van der Waals surface area contributed by atoms with Crippen LogP contribution in [0.5, 0.6) is 5.75 Å². The summed E-state index contributed by atoms with van der Waals surface area (Å²) in [6.07, 6.45) is 1.60. The van der Waals surface area contributed by atoms with Crippen molar-refractivity contribution in [2.24, 2.45) is 0 Å². The maximum absolute atomic E-state index is 11.7. The third kappa shape index (κ3) is 3.31. The topological polar surface area (TPSA) is 62.2 Å². The standard InChI is InChI=1S/C13H12N2O2/c16-11-6-7-12(14-9-11)15-13(17)8-10-4-2-1-3-5-10/h1-7,9,16H,8H2,(H,14,15,17). The van der Waals surface area contributed by atoms with Crippen LogP contribution in [0.1, 0.15) is 5.56 Å². The van der Waals surface area contributed by atoms with Gasteiger partial charge in [-0.05, 0) is 17.7 Å². The lowest BCUT2D eigenvalue weighted by Gasteiger charge is -2.04. The zero-order valence-corrected chi connectivity index (χ0v) is 9.13. The van der Waals surface area contributed by atoms with Crippen molar-refractivity contribution in [3.05, 3.63) is 54.2 Å². The molecule has 0 aliphatic heterocycles. The van der Waals surface area contributed by atoms with E-state index in [0.29, 0.717) is 12.2 Å². The van der Waals surface area contributed by atoms with Crippen LogP contribution >= 0.6 is 0 Å². The Bertz CT molecular complexity index is 495. The number of aromatic nitrogens is 1. The molecule has 2 rings (SSSR count). The number of aromatic hydroxyl groups is 1. The van der Waals surface area contributed by atoms with E-state index in [1.54, 1.807) is 6.07 Å². The summed E-state index contributed by atoms with van der Waals surface area (Å²) >= 11 is 0. The van der Waals surface area contributed by atoms with E-state index in [2.05, 4.69) is 10.3 Å². The highest BCUT2D eigenvalue weighted by molar-refractivity contribution is 5.91. The van der Waals surface area contributed by atoms with E-state index in [0.717, 1.165) is 5.56 Å². The van der Waals surface area contributed by atoms with Crippen LogP contribution in [0.3, 0.4) is 0 Å². The number of nitrogens with zero attached hydrogens (tertiary/aromatic N) is 1. The number of benzene rings is 1. The number of hydrogen-bond acceptors (Lipinski definition) is 3. The number of carbonyl (C=O) groups is 1. The molecule has 1 amide bonds. The average molecular weight is 228 g/mol. The Kier molecular flexibility index (Phi) is 3.35. The Balaban J connectivity index is 1.96. The Morgan fingerprint density at radius 1 is 1.18 bits per heavy atom. The minimum Gasteiger partial charge on any atom is -0.506 e. The largest absolute Gasteiger partial charge is 0.506 e. The summed E-state index contributed by atoms with van der Waals surface area (Å²) in [6, 6.07) is 12.5. The SMILES string of the molecule is O=C(Cc1ccccc1)Nc1ccc(O)cn1. The van der Waals surface area contributed by atoms with Crippen LogP contribution in [0.2, 0.25) is 0 Å². The molecule has 2 N–H and O–H groups in total. The van der Waals surface area contributed by atoms with Crippen molar-refractivity contribution < 1.29 is 9.90 Å². The first-order valence-electron chi connectivity index (χ1n) is 5.23. The molecule has 0 fully saturated rings. The van der Waals surface area contributed by atoms with E-state index in [1.807, 2.05) is 30.3 Å². The number of nitrogens with one attached hydrogen (secondary N) is 1. The summed E-state index contributed by atoms with van der Waals surface area (Å²) in [7, 11) is 0. The number of hydrogen-bond donors (Lipinski definition) is 2. The summed E-state index contributed by atoms with van der Waals surface area (Å²) < 4.78 is 0. The van der Waals surface area contributed by atoms with Crippen LogP contribution in [0.4, 0.5) is 5.82 Å². The van der Waals surface area contributed by atoms with Gasteiger partial charge in [0.1, 0.15) is 11.6 Å². The summed E-state index contributed by atoms with van der Waals surface area (Å²) in [4.78, 5) is 15.5. The van der Waals surface area contributed by atoms with Gasteiger partial charge >= 0.3 is 0 Å². The van der Waals surface area contributed by atoms with Crippen LogP contribution < -0.4 is 5.32 Å². The normalized spacial score (nSPS) is 9.88. The molecule has 4 heteroatoms. The lowest BCUT2D eigenvalue weighted by atomic mass is 10.1. The molecule has 2 aromatic rings. The Hall–Kier alpha value is -2.36. The monoisotopic (exact) mass is 228 g/mol. The van der Waals surface area contributed by atoms with E-state index in [4.69, 9.17) is 5.11 Å². The summed E-state index contributed by atoms with van der Waals surface area (Å²) in [6.45, 7) is 0. The predicted molar refractivity (Wildman–Crippen MR) is 64.7 cm³/mol. The first-order chi connectivity index (χ1) is 8.24. The molecular formula is C13H12N2O2. The fourth-order valence-corrected chi connectivity index (χ4v) is 1.43. The number of carbonyl (C=O) groups excluding carboxylic acids is 1. The van der Waals surface area contributed by atoms with Crippen molar-refractivity contribution in [3.8, 4) is 5.75 Å². The van der Waals surface area contributed by atoms with Gasteiger partial charge in [-0.15, -0.1) is 0 Å². The molecule has 0 aliphatic carbocycles. The first kappa shape index (κ1) is 11.1. The first-order valence-corrected chi connectivity index (χ1v) is 5.23. The number of rotatable bonds is 3. The fourth-order valence-electron chi connectivity index (χ4n) is 1.43.